The molecule has 5 nitrogen and oxygen atoms in total. The molecule has 0 aliphatic carbocycles. The third-order valence-corrected chi connectivity index (χ3v) is 3.78. The average Bonchev–Trinajstić information content (AvgIpc) is 2.59. The van der Waals surface area contributed by atoms with Gasteiger partial charge in [-0.3, -0.25) is 0 Å². The lowest BCUT2D eigenvalue weighted by Gasteiger charge is -2.23. The molecule has 27 heavy (non-hydrogen) atoms. The van der Waals surface area contributed by atoms with Gasteiger partial charge < -0.3 is 20.3 Å². The van der Waals surface area contributed by atoms with Crippen LogP contribution in [0.15, 0.2) is 48.5 Å². The molecule has 8 heteroatoms. The summed E-state index contributed by atoms with van der Waals surface area (Å²) in [6.07, 6.45) is -4.83. The van der Waals surface area contributed by atoms with Gasteiger partial charge in [-0.05, 0) is 43.7 Å². The van der Waals surface area contributed by atoms with Crippen molar-refractivity contribution in [3.8, 4) is 5.75 Å². The Morgan fingerprint density at radius 1 is 1.15 bits per heavy atom. The minimum Gasteiger partial charge on any atom is -0.404 e. The van der Waals surface area contributed by atoms with Gasteiger partial charge in [0, 0.05) is 25.3 Å². The number of urea groups is 1. The summed E-state index contributed by atoms with van der Waals surface area (Å²) in [5.41, 5.74) is 2.12. The van der Waals surface area contributed by atoms with Gasteiger partial charge in [0.2, 0.25) is 0 Å². The smallest absolute Gasteiger partial charge is 0.404 e. The second kappa shape index (κ2) is 9.16. The highest BCUT2D eigenvalue weighted by molar-refractivity contribution is 5.90. The zero-order valence-electron chi connectivity index (χ0n) is 15.1. The summed E-state index contributed by atoms with van der Waals surface area (Å²) >= 11 is 0. The van der Waals surface area contributed by atoms with Crippen LogP contribution < -0.4 is 20.3 Å². The number of para-hydroxylation sites is 2. The number of amides is 2. The van der Waals surface area contributed by atoms with Gasteiger partial charge in [-0.25, -0.2) is 4.79 Å². The van der Waals surface area contributed by atoms with Crippen LogP contribution in [0, 0.1) is 6.92 Å². The van der Waals surface area contributed by atoms with Gasteiger partial charge in [0.25, 0.3) is 0 Å². The molecule has 2 amide bonds. The van der Waals surface area contributed by atoms with Gasteiger partial charge >= 0.3 is 12.4 Å². The molecule has 0 radical (unpaired) electrons. The summed E-state index contributed by atoms with van der Waals surface area (Å²) in [5.74, 6) is -0.463. The van der Waals surface area contributed by atoms with Crippen LogP contribution in [-0.2, 0) is 0 Å². The molecular weight excluding hydrogens is 359 g/mol. The second-order valence-electron chi connectivity index (χ2n) is 5.84. The van der Waals surface area contributed by atoms with Crippen molar-refractivity contribution in [3.05, 3.63) is 54.1 Å². The highest BCUT2D eigenvalue weighted by atomic mass is 19.4. The summed E-state index contributed by atoms with van der Waals surface area (Å²) in [4.78, 5) is 14.1. The Bertz CT molecular complexity index is 766. The van der Waals surface area contributed by atoms with Crippen molar-refractivity contribution in [2.45, 2.75) is 20.2 Å². The van der Waals surface area contributed by atoms with Crippen molar-refractivity contribution in [2.75, 3.05) is 29.9 Å². The Kier molecular flexibility index (Phi) is 6.92. The molecule has 0 heterocycles. The van der Waals surface area contributed by atoms with Gasteiger partial charge in [0.1, 0.15) is 0 Å². The summed E-state index contributed by atoms with van der Waals surface area (Å²) < 4.78 is 41.2. The van der Waals surface area contributed by atoms with Gasteiger partial charge in [0.15, 0.2) is 5.75 Å². The van der Waals surface area contributed by atoms with E-state index in [-0.39, 0.29) is 5.69 Å². The van der Waals surface area contributed by atoms with Crippen LogP contribution in [0.25, 0.3) is 0 Å². The molecule has 0 spiro atoms. The third kappa shape index (κ3) is 6.73. The second-order valence-corrected chi connectivity index (χ2v) is 5.84. The van der Waals surface area contributed by atoms with E-state index in [9.17, 15) is 18.0 Å². The van der Waals surface area contributed by atoms with Crippen molar-refractivity contribution in [1.29, 1.82) is 0 Å². The van der Waals surface area contributed by atoms with E-state index in [4.69, 9.17) is 0 Å². The van der Waals surface area contributed by atoms with Crippen molar-refractivity contribution in [1.82, 2.24) is 5.32 Å². The van der Waals surface area contributed by atoms with Crippen LogP contribution in [0.1, 0.15) is 12.5 Å². The van der Waals surface area contributed by atoms with Gasteiger partial charge in [0.05, 0.1) is 5.69 Å². The number of likely N-dealkylation sites (N-methyl/N-ethyl adjacent to an activating group) is 1. The number of carbonyl (C=O) groups excluding carboxylic acids is 1. The van der Waals surface area contributed by atoms with Gasteiger partial charge in [-0.1, -0.05) is 24.3 Å². The molecular formula is C19H22F3N3O2. The van der Waals surface area contributed by atoms with Crippen molar-refractivity contribution in [2.24, 2.45) is 0 Å². The average molecular weight is 381 g/mol. The first kappa shape index (κ1) is 20.4. The predicted molar refractivity (Wildman–Crippen MR) is 99.2 cm³/mol. The first-order chi connectivity index (χ1) is 12.8. The molecule has 0 fully saturated rings. The zero-order valence-corrected chi connectivity index (χ0v) is 15.1. The van der Waals surface area contributed by atoms with Crippen molar-refractivity contribution in [3.63, 3.8) is 0 Å². The van der Waals surface area contributed by atoms with Crippen LogP contribution >= 0.6 is 0 Å². The highest BCUT2D eigenvalue weighted by Gasteiger charge is 2.32. The molecule has 0 bridgehead atoms. The third-order valence-electron chi connectivity index (χ3n) is 3.78. The minimum atomic E-state index is -4.83. The lowest BCUT2D eigenvalue weighted by atomic mass is 10.2. The molecule has 2 N–H and O–H groups in total. The molecule has 2 aromatic carbocycles. The number of anilines is 2. The fraction of sp³-hybridized carbons (Fsp3) is 0.316. The number of alkyl halides is 3. The Labute approximate surface area is 156 Å². The van der Waals surface area contributed by atoms with E-state index in [1.165, 1.54) is 18.2 Å². The molecule has 2 rings (SSSR count). The molecule has 0 aliphatic rings. The maximum atomic E-state index is 12.4. The molecule has 0 aliphatic heterocycles. The van der Waals surface area contributed by atoms with E-state index in [2.05, 4.69) is 20.3 Å². The number of hydrogen-bond acceptors (Lipinski definition) is 3. The van der Waals surface area contributed by atoms with Crippen LogP contribution in [0.3, 0.4) is 0 Å². The number of benzene rings is 2. The van der Waals surface area contributed by atoms with E-state index >= 15 is 0 Å². The highest BCUT2D eigenvalue weighted by Crippen LogP contribution is 2.29. The number of aryl methyl sites for hydroxylation is 1. The van der Waals surface area contributed by atoms with Crippen LogP contribution in [0.5, 0.6) is 5.75 Å². The number of nitrogens with one attached hydrogen (secondary N) is 2. The maximum absolute atomic E-state index is 12.4. The van der Waals surface area contributed by atoms with Gasteiger partial charge in [-0.15, -0.1) is 13.2 Å². The predicted octanol–water partition coefficient (Wildman–Crippen LogP) is 4.54. The SMILES string of the molecule is CCN(CCNC(=O)Nc1ccccc1OC(F)(F)F)c1cccc(C)c1. The number of hydrogen-bond donors (Lipinski definition) is 2. The Morgan fingerprint density at radius 3 is 2.56 bits per heavy atom. The van der Waals surface area contributed by atoms with E-state index in [1.54, 1.807) is 0 Å². The van der Waals surface area contributed by atoms with Crippen molar-refractivity contribution < 1.29 is 22.7 Å². The number of carbonyl (C=O) groups is 1. The summed E-state index contributed by atoms with van der Waals surface area (Å²) in [6.45, 7) is 5.66. The fourth-order valence-corrected chi connectivity index (χ4v) is 2.55. The van der Waals surface area contributed by atoms with Crippen LogP contribution in [0.2, 0.25) is 0 Å². The molecule has 2 aromatic rings. The maximum Gasteiger partial charge on any atom is 0.573 e. The Balaban J connectivity index is 1.89. The number of halogens is 3. The Morgan fingerprint density at radius 2 is 1.89 bits per heavy atom. The fourth-order valence-electron chi connectivity index (χ4n) is 2.55. The largest absolute Gasteiger partial charge is 0.573 e. The first-order valence-corrected chi connectivity index (χ1v) is 8.49. The van der Waals surface area contributed by atoms with Crippen LogP contribution in [-0.4, -0.2) is 32.0 Å². The Hall–Kier alpha value is -2.90. The molecule has 0 atom stereocenters. The normalized spacial score (nSPS) is 11.0. The van der Waals surface area contributed by atoms with E-state index in [0.29, 0.717) is 13.1 Å². The number of ether oxygens (including phenoxy) is 1. The lowest BCUT2D eigenvalue weighted by molar-refractivity contribution is -0.274. The van der Waals surface area contributed by atoms with Crippen molar-refractivity contribution >= 4 is 17.4 Å². The number of nitrogens with zero attached hydrogens (tertiary/aromatic N) is 1. The van der Waals surface area contributed by atoms with Gasteiger partial charge in [-0.2, -0.15) is 0 Å². The topological polar surface area (TPSA) is 53.6 Å². The van der Waals surface area contributed by atoms with E-state index in [1.807, 2.05) is 38.1 Å². The summed E-state index contributed by atoms with van der Waals surface area (Å²) in [5, 5.41) is 5.02. The molecule has 146 valence electrons. The standard InChI is InChI=1S/C19H22F3N3O2/c1-3-25(15-8-6-7-14(2)13-15)12-11-23-18(26)24-16-9-4-5-10-17(16)27-19(20,21)22/h4-10,13H,3,11-12H2,1-2H3,(H2,23,24,26). The molecule has 0 saturated heterocycles. The lowest BCUT2D eigenvalue weighted by Crippen LogP contribution is -2.37. The van der Waals surface area contributed by atoms with E-state index < -0.39 is 18.1 Å². The summed E-state index contributed by atoms with van der Waals surface area (Å²) in [7, 11) is 0. The monoisotopic (exact) mass is 381 g/mol. The number of rotatable bonds is 7. The minimum absolute atomic E-state index is 0.0571. The quantitative estimate of drug-likeness (QED) is 0.740. The first-order valence-electron chi connectivity index (χ1n) is 8.49. The molecule has 0 unspecified atom stereocenters. The molecule has 0 saturated carbocycles. The summed E-state index contributed by atoms with van der Waals surface area (Å²) in [6, 6.07) is 12.8. The van der Waals surface area contributed by atoms with E-state index in [0.717, 1.165) is 23.9 Å². The van der Waals surface area contributed by atoms with Crippen LogP contribution in [0.4, 0.5) is 29.3 Å². The molecule has 0 aromatic heterocycles. The zero-order chi connectivity index (χ0) is 19.9.